The van der Waals surface area contributed by atoms with E-state index in [2.05, 4.69) is 5.32 Å². The second kappa shape index (κ2) is 9.41. The van der Waals surface area contributed by atoms with Gasteiger partial charge in [-0.15, -0.1) is 0 Å². The molecule has 6 nitrogen and oxygen atoms in total. The minimum absolute atomic E-state index is 0.138. The highest BCUT2D eigenvalue weighted by Crippen LogP contribution is 2.31. The maximum atomic E-state index is 12.5. The molecule has 1 aliphatic heterocycles. The lowest BCUT2D eigenvalue weighted by atomic mass is 10.2. The Kier molecular flexibility index (Phi) is 6.70. The zero-order valence-corrected chi connectivity index (χ0v) is 16.1. The number of ether oxygens (including phenoxy) is 3. The molecule has 0 aliphatic carbocycles. The number of amides is 1. The number of carbonyl (C=O) groups excluding carboxylic acids is 1. The molecule has 2 aromatic carbocycles. The lowest BCUT2D eigenvalue weighted by molar-refractivity contribution is -0.120. The fourth-order valence-corrected chi connectivity index (χ4v) is 3.72. The molecule has 27 heavy (non-hydrogen) atoms. The highest BCUT2D eigenvalue weighted by Gasteiger charge is 2.14. The van der Waals surface area contributed by atoms with Crippen LogP contribution in [-0.4, -0.2) is 36.2 Å². The first kappa shape index (κ1) is 19.2. The fraction of sp³-hybridized carbons (Fsp3) is 0.350. The number of methoxy groups -OCH3 is 1. The summed E-state index contributed by atoms with van der Waals surface area (Å²) in [7, 11) is 0.327. The number of hydrogen-bond acceptors (Lipinski definition) is 5. The zero-order valence-electron chi connectivity index (χ0n) is 15.2. The van der Waals surface area contributed by atoms with E-state index in [1.54, 1.807) is 25.3 Å². The topological polar surface area (TPSA) is 73.9 Å². The maximum Gasteiger partial charge on any atom is 0.221 e. The second-order valence-electron chi connectivity index (χ2n) is 6.09. The summed E-state index contributed by atoms with van der Waals surface area (Å²) in [6.07, 6.45) is 1.01. The Morgan fingerprint density at radius 1 is 1.15 bits per heavy atom. The first-order chi connectivity index (χ1) is 13.2. The molecule has 1 atom stereocenters. The molecule has 144 valence electrons. The van der Waals surface area contributed by atoms with Crippen molar-refractivity contribution >= 4 is 16.7 Å². The van der Waals surface area contributed by atoms with Crippen molar-refractivity contribution in [3.8, 4) is 17.2 Å². The van der Waals surface area contributed by atoms with Gasteiger partial charge < -0.3 is 19.5 Å². The van der Waals surface area contributed by atoms with Crippen LogP contribution >= 0.6 is 0 Å². The minimum Gasteiger partial charge on any atom is -0.497 e. The molecular weight excluding hydrogens is 366 g/mol. The van der Waals surface area contributed by atoms with E-state index in [9.17, 15) is 9.00 Å². The monoisotopic (exact) mass is 389 g/mol. The van der Waals surface area contributed by atoms with E-state index < -0.39 is 10.8 Å². The van der Waals surface area contributed by atoms with Crippen LogP contribution in [-0.2, 0) is 22.1 Å². The second-order valence-corrected chi connectivity index (χ2v) is 7.66. The lowest BCUT2D eigenvalue weighted by Gasteiger charge is -2.10. The molecule has 2 aromatic rings. The SMILES string of the molecule is COc1cccc(CNC(=O)CC[S@](=O)c2ccc3c(c2)OCCCO3)c1. The summed E-state index contributed by atoms with van der Waals surface area (Å²) in [6.45, 7) is 1.60. The van der Waals surface area contributed by atoms with Gasteiger partial charge in [-0.2, -0.15) is 0 Å². The quantitative estimate of drug-likeness (QED) is 0.788. The van der Waals surface area contributed by atoms with Crippen LogP contribution in [0.15, 0.2) is 47.4 Å². The van der Waals surface area contributed by atoms with Crippen molar-refractivity contribution in [2.75, 3.05) is 26.1 Å². The molecular formula is C20H23NO5S. The Morgan fingerprint density at radius 2 is 1.96 bits per heavy atom. The van der Waals surface area contributed by atoms with E-state index in [0.29, 0.717) is 36.2 Å². The molecule has 0 spiro atoms. The van der Waals surface area contributed by atoms with E-state index >= 15 is 0 Å². The van der Waals surface area contributed by atoms with Crippen molar-refractivity contribution in [1.29, 1.82) is 0 Å². The molecule has 1 heterocycles. The van der Waals surface area contributed by atoms with Gasteiger partial charge in [0.1, 0.15) is 5.75 Å². The third kappa shape index (κ3) is 5.47. The average molecular weight is 389 g/mol. The van der Waals surface area contributed by atoms with Crippen molar-refractivity contribution in [3.63, 3.8) is 0 Å². The van der Waals surface area contributed by atoms with E-state index in [4.69, 9.17) is 14.2 Å². The van der Waals surface area contributed by atoms with Crippen LogP contribution < -0.4 is 19.5 Å². The third-order valence-electron chi connectivity index (χ3n) is 4.12. The Hall–Kier alpha value is -2.54. The Morgan fingerprint density at radius 3 is 2.78 bits per heavy atom. The molecule has 7 heteroatoms. The molecule has 0 bridgehead atoms. The van der Waals surface area contributed by atoms with Crippen LogP contribution in [0.2, 0.25) is 0 Å². The van der Waals surface area contributed by atoms with Gasteiger partial charge in [0, 0.05) is 36.1 Å². The predicted octanol–water partition coefficient (Wildman–Crippen LogP) is 2.67. The van der Waals surface area contributed by atoms with Crippen LogP contribution in [0.1, 0.15) is 18.4 Å². The summed E-state index contributed by atoms with van der Waals surface area (Å²) in [5.74, 6) is 2.15. The first-order valence-electron chi connectivity index (χ1n) is 8.83. The zero-order chi connectivity index (χ0) is 19.1. The number of rotatable bonds is 7. The summed E-state index contributed by atoms with van der Waals surface area (Å²) < 4.78 is 28.9. The van der Waals surface area contributed by atoms with Gasteiger partial charge in [-0.25, -0.2) is 0 Å². The number of nitrogens with one attached hydrogen (secondary N) is 1. The van der Waals surface area contributed by atoms with Crippen molar-refractivity contribution < 1.29 is 23.2 Å². The predicted molar refractivity (Wildman–Crippen MR) is 103 cm³/mol. The van der Waals surface area contributed by atoms with E-state index in [1.165, 1.54) is 0 Å². The standard InChI is InChI=1S/C20H23NO5S/c1-24-16-5-2-4-15(12-16)14-21-20(22)8-11-27(23)17-6-7-18-19(13-17)26-10-3-9-25-18/h2,4-7,12-13H,3,8-11,14H2,1H3,(H,21,22)/t27-/m0/s1. The summed E-state index contributed by atoms with van der Waals surface area (Å²) >= 11 is 0. The molecule has 1 amide bonds. The molecule has 0 unspecified atom stereocenters. The number of fused-ring (bicyclic) bond motifs is 1. The lowest BCUT2D eigenvalue weighted by Crippen LogP contribution is -2.24. The van der Waals surface area contributed by atoms with Gasteiger partial charge in [0.15, 0.2) is 11.5 Å². The van der Waals surface area contributed by atoms with Gasteiger partial charge in [-0.1, -0.05) is 12.1 Å². The van der Waals surface area contributed by atoms with Gasteiger partial charge >= 0.3 is 0 Å². The first-order valence-corrected chi connectivity index (χ1v) is 10.2. The fourth-order valence-electron chi connectivity index (χ4n) is 2.66. The largest absolute Gasteiger partial charge is 0.497 e. The molecule has 3 rings (SSSR count). The smallest absolute Gasteiger partial charge is 0.221 e. The van der Waals surface area contributed by atoms with Crippen LogP contribution in [0.5, 0.6) is 17.2 Å². The van der Waals surface area contributed by atoms with Gasteiger partial charge in [0.25, 0.3) is 0 Å². The molecule has 0 saturated heterocycles. The molecule has 0 aromatic heterocycles. The molecule has 1 aliphatic rings. The third-order valence-corrected chi connectivity index (χ3v) is 5.47. The summed E-state index contributed by atoms with van der Waals surface area (Å²) in [5.41, 5.74) is 0.951. The van der Waals surface area contributed by atoms with Gasteiger partial charge in [0.05, 0.1) is 31.1 Å². The van der Waals surface area contributed by atoms with Crippen LogP contribution in [0.25, 0.3) is 0 Å². The highest BCUT2D eigenvalue weighted by molar-refractivity contribution is 7.85. The van der Waals surface area contributed by atoms with E-state index in [1.807, 2.05) is 24.3 Å². The normalized spacial score (nSPS) is 14.1. The Bertz CT molecular complexity index is 824. The van der Waals surface area contributed by atoms with Crippen molar-refractivity contribution in [1.82, 2.24) is 5.32 Å². The van der Waals surface area contributed by atoms with Crippen molar-refractivity contribution in [3.05, 3.63) is 48.0 Å². The Balaban J connectivity index is 1.49. The minimum atomic E-state index is -1.28. The van der Waals surface area contributed by atoms with Gasteiger partial charge in [-0.05, 0) is 29.8 Å². The van der Waals surface area contributed by atoms with Crippen molar-refractivity contribution in [2.24, 2.45) is 0 Å². The molecule has 0 fully saturated rings. The maximum absolute atomic E-state index is 12.5. The van der Waals surface area contributed by atoms with Crippen LogP contribution in [0, 0.1) is 0 Å². The van der Waals surface area contributed by atoms with Crippen LogP contribution in [0.4, 0.5) is 0 Å². The van der Waals surface area contributed by atoms with Crippen LogP contribution in [0.3, 0.4) is 0 Å². The number of carbonyl (C=O) groups is 1. The van der Waals surface area contributed by atoms with E-state index in [0.717, 1.165) is 17.7 Å². The molecule has 0 radical (unpaired) electrons. The summed E-state index contributed by atoms with van der Waals surface area (Å²) in [6, 6.07) is 12.8. The van der Waals surface area contributed by atoms with Gasteiger partial charge in [-0.3, -0.25) is 9.00 Å². The average Bonchev–Trinajstić information content (AvgIpc) is 2.95. The van der Waals surface area contributed by atoms with Gasteiger partial charge in [0.2, 0.25) is 5.91 Å². The summed E-state index contributed by atoms with van der Waals surface area (Å²) in [4.78, 5) is 12.7. The summed E-state index contributed by atoms with van der Waals surface area (Å²) in [5, 5.41) is 2.84. The number of hydrogen-bond donors (Lipinski definition) is 1. The molecule has 1 N–H and O–H groups in total. The Labute approximate surface area is 161 Å². The highest BCUT2D eigenvalue weighted by atomic mass is 32.2. The number of benzene rings is 2. The van der Waals surface area contributed by atoms with Crippen molar-refractivity contribution in [2.45, 2.75) is 24.3 Å². The molecule has 0 saturated carbocycles. The van der Waals surface area contributed by atoms with E-state index in [-0.39, 0.29) is 18.1 Å².